The molecule has 134 valence electrons. The van der Waals surface area contributed by atoms with E-state index in [0.29, 0.717) is 0 Å². The first-order valence-corrected chi connectivity index (χ1v) is 9.92. The Labute approximate surface area is 143 Å². The van der Waals surface area contributed by atoms with E-state index in [-0.39, 0.29) is 0 Å². The quantitative estimate of drug-likeness (QED) is 0.380. The molecule has 0 spiro atoms. The fraction of sp³-hybridized carbons (Fsp3) is 0.947. The normalized spacial score (nSPS) is 9.91. The van der Waals surface area contributed by atoms with Gasteiger partial charge in [-0.15, -0.1) is 0 Å². The standard InChI is InChI=1S/C7H17BN2.2C6H14/c1-4-5-6-10(2,3)8-7-9;2*1-3-5-6-4-2/h4-6,8H2,1-3H3;2*3-6H2,1-2H3. The van der Waals surface area contributed by atoms with Gasteiger partial charge in [-0.1, -0.05) is 98.4 Å². The van der Waals surface area contributed by atoms with Crippen LogP contribution in [0.15, 0.2) is 0 Å². The summed E-state index contributed by atoms with van der Waals surface area (Å²) in [6, 6.07) is 0. The molecule has 0 aromatic rings. The number of quaternary nitrogens is 1. The van der Waals surface area contributed by atoms with Gasteiger partial charge in [0.05, 0.1) is 0 Å². The summed E-state index contributed by atoms with van der Waals surface area (Å²) in [4.78, 5) is 0. The van der Waals surface area contributed by atoms with Crippen LogP contribution in [-0.4, -0.2) is 32.4 Å². The van der Waals surface area contributed by atoms with Crippen LogP contribution in [0.2, 0.25) is 0 Å². The molecule has 0 aliphatic carbocycles. The molecule has 22 heavy (non-hydrogen) atoms. The maximum Gasteiger partial charge on any atom is 0.281 e. The Morgan fingerprint density at radius 1 is 0.682 bits per heavy atom. The highest BCUT2D eigenvalue weighted by atomic mass is 15.2. The molecule has 0 unspecified atom stereocenters. The Balaban J connectivity index is -0.000000261. The van der Waals surface area contributed by atoms with Crippen molar-refractivity contribution in [3.8, 4) is 5.97 Å². The lowest BCUT2D eigenvalue weighted by atomic mass is 9.91. The summed E-state index contributed by atoms with van der Waals surface area (Å²) in [5, 5.41) is 8.49. The maximum absolute atomic E-state index is 8.49. The van der Waals surface area contributed by atoms with Crippen molar-refractivity contribution in [2.75, 3.05) is 20.6 Å². The highest BCUT2D eigenvalue weighted by Gasteiger charge is 2.05. The van der Waals surface area contributed by atoms with E-state index in [0.717, 1.165) is 4.39 Å². The topological polar surface area (TPSA) is 23.8 Å². The predicted molar refractivity (Wildman–Crippen MR) is 106 cm³/mol. The van der Waals surface area contributed by atoms with Gasteiger partial charge in [-0.3, -0.25) is 0 Å². The van der Waals surface area contributed by atoms with Crippen molar-refractivity contribution in [1.82, 2.24) is 0 Å². The highest BCUT2D eigenvalue weighted by molar-refractivity contribution is 6.36. The van der Waals surface area contributed by atoms with Crippen LogP contribution < -0.4 is 0 Å². The maximum atomic E-state index is 8.49. The second kappa shape index (κ2) is 22.8. The average Bonchev–Trinajstić information content (AvgIpc) is 2.50. The van der Waals surface area contributed by atoms with E-state index >= 15 is 0 Å². The summed E-state index contributed by atoms with van der Waals surface area (Å²) in [5.41, 5.74) is 0. The van der Waals surface area contributed by atoms with Crippen LogP contribution in [0.1, 0.15) is 98.8 Å². The molecule has 0 aromatic carbocycles. The minimum absolute atomic E-state index is 0.412. The van der Waals surface area contributed by atoms with Gasteiger partial charge in [0.1, 0.15) is 0 Å². The summed E-state index contributed by atoms with van der Waals surface area (Å²) in [6.45, 7) is 12.3. The van der Waals surface area contributed by atoms with Crippen LogP contribution in [-0.2, 0) is 0 Å². The zero-order chi connectivity index (χ0) is 17.7. The zero-order valence-electron chi connectivity index (χ0n) is 17.2. The van der Waals surface area contributed by atoms with Gasteiger partial charge in [-0.25, -0.2) is 5.26 Å². The van der Waals surface area contributed by atoms with Crippen molar-refractivity contribution in [3.05, 3.63) is 0 Å². The first kappa shape index (κ1) is 26.4. The van der Waals surface area contributed by atoms with E-state index in [9.17, 15) is 0 Å². The third-order valence-corrected chi connectivity index (χ3v) is 3.80. The fourth-order valence-electron chi connectivity index (χ4n) is 2.01. The predicted octanol–water partition coefficient (Wildman–Crippen LogP) is 5.60. The monoisotopic (exact) mass is 312 g/mol. The van der Waals surface area contributed by atoms with Gasteiger partial charge in [0, 0.05) is 20.6 Å². The van der Waals surface area contributed by atoms with Crippen molar-refractivity contribution in [2.45, 2.75) is 98.8 Å². The van der Waals surface area contributed by atoms with Gasteiger partial charge >= 0.3 is 0 Å². The van der Waals surface area contributed by atoms with Crippen LogP contribution in [0, 0.1) is 11.2 Å². The summed E-state index contributed by atoms with van der Waals surface area (Å²) in [5.74, 6) is 2.31. The fourth-order valence-corrected chi connectivity index (χ4v) is 2.01. The Morgan fingerprint density at radius 2 is 1.00 bits per heavy atom. The third-order valence-electron chi connectivity index (χ3n) is 3.80. The minimum atomic E-state index is -0.412. The van der Waals surface area contributed by atoms with Crippen molar-refractivity contribution in [1.29, 1.82) is 5.26 Å². The average molecular weight is 312 g/mol. The highest BCUT2D eigenvalue weighted by Crippen LogP contribution is 1.98. The third kappa shape index (κ3) is 31.8. The number of nitrogens with zero attached hydrogens (tertiary/aromatic N) is 2. The molecular formula is C19H45BN2. The van der Waals surface area contributed by atoms with Crippen molar-refractivity contribution in [3.63, 3.8) is 0 Å². The van der Waals surface area contributed by atoms with Crippen LogP contribution >= 0.6 is 0 Å². The van der Waals surface area contributed by atoms with Gasteiger partial charge in [0.15, 0.2) is 0 Å². The SMILES string of the molecule is CCCCCC.CCCCCC.CCCC[N+](C)(C)[BH2-]C#N. The smallest absolute Gasteiger partial charge is 0.281 e. The molecule has 0 bridgehead atoms. The van der Waals surface area contributed by atoms with Crippen molar-refractivity contribution < 1.29 is 4.39 Å². The summed E-state index contributed by atoms with van der Waals surface area (Å²) < 4.78 is 0.963. The molecule has 0 radical (unpaired) electrons. The van der Waals surface area contributed by atoms with E-state index < -0.39 is 7.41 Å². The number of hydrogen-bond acceptors (Lipinski definition) is 1. The molecule has 0 N–H and O–H groups in total. The number of rotatable bonds is 10. The molecule has 0 saturated carbocycles. The Bertz CT molecular complexity index is 206. The molecule has 0 saturated heterocycles. The minimum Gasteiger partial charge on any atom is -0.513 e. The van der Waals surface area contributed by atoms with Gasteiger partial charge in [-0.2, -0.15) is 0 Å². The zero-order valence-corrected chi connectivity index (χ0v) is 17.2. The van der Waals surface area contributed by atoms with Gasteiger partial charge in [0.25, 0.3) is 7.41 Å². The lowest BCUT2D eigenvalue weighted by Gasteiger charge is -2.36. The Morgan fingerprint density at radius 3 is 1.23 bits per heavy atom. The Kier molecular flexibility index (Phi) is 27.4. The second-order valence-electron chi connectivity index (χ2n) is 7.23. The van der Waals surface area contributed by atoms with Crippen LogP contribution in [0.3, 0.4) is 0 Å². The molecule has 0 amide bonds. The molecule has 0 aliphatic rings. The summed E-state index contributed by atoms with van der Waals surface area (Å²) in [7, 11) is 3.89. The lowest BCUT2D eigenvalue weighted by Crippen LogP contribution is -2.43. The molecule has 0 aliphatic heterocycles. The van der Waals surface area contributed by atoms with Crippen molar-refractivity contribution in [2.24, 2.45) is 0 Å². The molecule has 0 atom stereocenters. The molecule has 0 rings (SSSR count). The van der Waals surface area contributed by atoms with Gasteiger partial charge in [-0.05, 0) is 6.42 Å². The van der Waals surface area contributed by atoms with E-state index in [2.05, 4.69) is 54.7 Å². The summed E-state index contributed by atoms with van der Waals surface area (Å²) in [6.07, 6.45) is 13.6. The second-order valence-corrected chi connectivity index (χ2v) is 7.23. The summed E-state index contributed by atoms with van der Waals surface area (Å²) >= 11 is 0. The van der Waals surface area contributed by atoms with Crippen LogP contribution in [0.25, 0.3) is 0 Å². The van der Waals surface area contributed by atoms with Crippen molar-refractivity contribution >= 4 is 7.41 Å². The molecule has 0 fully saturated rings. The molecule has 3 heteroatoms. The first-order chi connectivity index (χ1) is 10.4. The van der Waals surface area contributed by atoms with Gasteiger partial charge in [0.2, 0.25) is 0 Å². The van der Waals surface area contributed by atoms with E-state index in [1.54, 1.807) is 0 Å². The van der Waals surface area contributed by atoms with E-state index in [4.69, 9.17) is 5.26 Å². The number of unbranched alkanes of at least 4 members (excludes halogenated alkanes) is 7. The molecular weight excluding hydrogens is 267 g/mol. The molecule has 0 aromatic heterocycles. The molecule has 0 heterocycles. The van der Waals surface area contributed by atoms with E-state index in [1.807, 2.05) is 0 Å². The van der Waals surface area contributed by atoms with Crippen LogP contribution in [0.5, 0.6) is 0 Å². The van der Waals surface area contributed by atoms with Gasteiger partial charge < -0.3 is 4.39 Å². The Hall–Kier alpha value is -0.485. The lowest BCUT2D eigenvalue weighted by molar-refractivity contribution is -0.777. The number of nitriles is 1. The van der Waals surface area contributed by atoms with Crippen LogP contribution in [0.4, 0.5) is 0 Å². The number of hydrogen-bond donors (Lipinski definition) is 0. The molecule has 2 nitrogen and oxygen atoms in total. The van der Waals surface area contributed by atoms with E-state index in [1.165, 1.54) is 70.8 Å². The first-order valence-electron chi connectivity index (χ1n) is 9.92. The largest absolute Gasteiger partial charge is 0.513 e.